The van der Waals surface area contributed by atoms with Crippen LogP contribution in [0.2, 0.25) is 0 Å². The van der Waals surface area contributed by atoms with Gasteiger partial charge in [-0.15, -0.1) is 11.3 Å². The zero-order chi connectivity index (χ0) is 15.5. The van der Waals surface area contributed by atoms with Gasteiger partial charge in [0.1, 0.15) is 16.8 Å². The number of nitrogens with one attached hydrogen (secondary N) is 1. The molecule has 0 aliphatic heterocycles. The van der Waals surface area contributed by atoms with Crippen LogP contribution >= 0.6 is 11.3 Å². The van der Waals surface area contributed by atoms with Crippen molar-refractivity contribution in [1.29, 1.82) is 5.26 Å². The third kappa shape index (κ3) is 3.06. The Kier molecular flexibility index (Phi) is 4.27. The van der Waals surface area contributed by atoms with Crippen LogP contribution in [0.15, 0.2) is 22.8 Å². The summed E-state index contributed by atoms with van der Waals surface area (Å²) in [6, 6.07) is 5.81. The van der Waals surface area contributed by atoms with Crippen LogP contribution in [0, 0.1) is 11.3 Å². The van der Waals surface area contributed by atoms with E-state index in [9.17, 15) is 15.2 Å². The predicted molar refractivity (Wildman–Crippen MR) is 82.7 cm³/mol. The van der Waals surface area contributed by atoms with Crippen LogP contribution in [-0.4, -0.2) is 17.1 Å². The minimum Gasteiger partial charge on any atom is -0.469 e. The summed E-state index contributed by atoms with van der Waals surface area (Å²) in [6.45, 7) is 0. The van der Waals surface area contributed by atoms with Crippen LogP contribution < -0.4 is 5.32 Å². The second-order valence-electron chi connectivity index (χ2n) is 5.34. The average Bonchev–Trinajstić information content (AvgIpc) is 3.11. The standard InChI is InChI=1S/C16H16N2O3S/c17-9-13-12-5-3-10(19)8-14(12)22-16(13)18-15(20)6-4-11-2-1-7-21-11/h1-2,7,10,19H,3-6,8H2,(H,18,20). The third-order valence-corrected chi connectivity index (χ3v) is 4.95. The van der Waals surface area contributed by atoms with E-state index in [1.54, 1.807) is 12.3 Å². The van der Waals surface area contributed by atoms with Gasteiger partial charge in [0.25, 0.3) is 0 Å². The number of nitriles is 1. The lowest BCUT2D eigenvalue weighted by Gasteiger charge is -2.16. The third-order valence-electron chi connectivity index (χ3n) is 3.78. The second kappa shape index (κ2) is 6.34. The zero-order valence-corrected chi connectivity index (χ0v) is 12.8. The van der Waals surface area contributed by atoms with Crippen molar-refractivity contribution in [3.63, 3.8) is 0 Å². The molecule has 1 aliphatic carbocycles. The summed E-state index contributed by atoms with van der Waals surface area (Å²) in [5.41, 5.74) is 1.54. The maximum atomic E-state index is 12.0. The number of aliphatic hydroxyl groups excluding tert-OH is 1. The molecule has 2 heterocycles. The maximum Gasteiger partial charge on any atom is 0.225 e. The molecule has 1 unspecified atom stereocenters. The molecule has 5 nitrogen and oxygen atoms in total. The molecule has 2 aromatic heterocycles. The SMILES string of the molecule is N#Cc1c(NC(=O)CCc2ccco2)sc2c1CCC(O)C2. The minimum atomic E-state index is -0.347. The van der Waals surface area contributed by atoms with Gasteiger partial charge in [-0.25, -0.2) is 0 Å². The van der Waals surface area contributed by atoms with Crippen molar-refractivity contribution in [3.05, 3.63) is 40.2 Å². The quantitative estimate of drug-likeness (QED) is 0.908. The molecule has 1 aliphatic rings. The highest BCUT2D eigenvalue weighted by molar-refractivity contribution is 7.16. The van der Waals surface area contributed by atoms with E-state index in [0.29, 0.717) is 42.7 Å². The molecule has 1 atom stereocenters. The molecule has 3 rings (SSSR count). The number of nitrogens with zero attached hydrogens (tertiary/aromatic N) is 1. The Hall–Kier alpha value is -2.10. The van der Waals surface area contributed by atoms with Crippen molar-refractivity contribution >= 4 is 22.2 Å². The summed E-state index contributed by atoms with van der Waals surface area (Å²) in [4.78, 5) is 13.1. The van der Waals surface area contributed by atoms with Gasteiger partial charge in [0.2, 0.25) is 5.91 Å². The molecule has 0 fully saturated rings. The van der Waals surface area contributed by atoms with E-state index >= 15 is 0 Å². The molecule has 114 valence electrons. The smallest absolute Gasteiger partial charge is 0.225 e. The first-order valence-corrected chi connectivity index (χ1v) is 8.04. The fourth-order valence-electron chi connectivity index (χ4n) is 2.66. The Morgan fingerprint density at radius 1 is 1.59 bits per heavy atom. The Bertz CT molecular complexity index is 713. The van der Waals surface area contributed by atoms with E-state index in [1.165, 1.54) is 11.3 Å². The Labute approximate surface area is 132 Å². The molecular formula is C16H16N2O3S. The molecule has 6 heteroatoms. The number of rotatable bonds is 4. The van der Waals surface area contributed by atoms with Gasteiger partial charge >= 0.3 is 0 Å². The first-order chi connectivity index (χ1) is 10.7. The number of aryl methyl sites for hydroxylation is 1. The van der Waals surface area contributed by atoms with E-state index < -0.39 is 0 Å². The van der Waals surface area contributed by atoms with Crippen molar-refractivity contribution in [2.45, 2.75) is 38.2 Å². The first-order valence-electron chi connectivity index (χ1n) is 7.22. The van der Waals surface area contributed by atoms with Crippen LogP contribution in [0.1, 0.15) is 34.6 Å². The zero-order valence-electron chi connectivity index (χ0n) is 12.0. The molecule has 2 aromatic rings. The van der Waals surface area contributed by atoms with E-state index in [1.807, 2.05) is 6.07 Å². The summed E-state index contributed by atoms with van der Waals surface area (Å²) < 4.78 is 5.20. The molecular weight excluding hydrogens is 300 g/mol. The number of fused-ring (bicyclic) bond motifs is 1. The van der Waals surface area contributed by atoms with Gasteiger partial charge in [-0.3, -0.25) is 4.79 Å². The number of hydrogen-bond donors (Lipinski definition) is 2. The topological polar surface area (TPSA) is 86.3 Å². The molecule has 22 heavy (non-hydrogen) atoms. The number of carbonyl (C=O) groups excluding carboxylic acids is 1. The number of furan rings is 1. The molecule has 0 spiro atoms. The van der Waals surface area contributed by atoms with Gasteiger partial charge in [-0.05, 0) is 30.5 Å². The molecule has 0 saturated carbocycles. The Morgan fingerprint density at radius 2 is 2.45 bits per heavy atom. The van der Waals surface area contributed by atoms with Crippen LogP contribution in [0.4, 0.5) is 5.00 Å². The summed E-state index contributed by atoms with van der Waals surface area (Å²) in [7, 11) is 0. The van der Waals surface area contributed by atoms with Gasteiger partial charge < -0.3 is 14.8 Å². The van der Waals surface area contributed by atoms with Crippen molar-refractivity contribution in [3.8, 4) is 6.07 Å². The van der Waals surface area contributed by atoms with Gasteiger partial charge in [0.15, 0.2) is 0 Å². The van der Waals surface area contributed by atoms with Crippen molar-refractivity contribution in [2.75, 3.05) is 5.32 Å². The average molecular weight is 316 g/mol. The molecule has 0 aromatic carbocycles. The lowest BCUT2D eigenvalue weighted by atomic mass is 9.94. The van der Waals surface area contributed by atoms with Gasteiger partial charge in [-0.1, -0.05) is 0 Å². The summed E-state index contributed by atoms with van der Waals surface area (Å²) >= 11 is 1.40. The van der Waals surface area contributed by atoms with Gasteiger partial charge in [-0.2, -0.15) is 5.26 Å². The maximum absolute atomic E-state index is 12.0. The number of anilines is 1. The van der Waals surface area contributed by atoms with E-state index in [0.717, 1.165) is 16.2 Å². The first kappa shape index (κ1) is 14.8. The number of amides is 1. The van der Waals surface area contributed by atoms with E-state index in [-0.39, 0.29) is 12.0 Å². The summed E-state index contributed by atoms with van der Waals surface area (Å²) in [5, 5.41) is 22.5. The Morgan fingerprint density at radius 3 is 3.18 bits per heavy atom. The number of carbonyl (C=O) groups is 1. The predicted octanol–water partition coefficient (Wildman–Crippen LogP) is 2.63. The molecule has 0 radical (unpaired) electrons. The molecule has 0 bridgehead atoms. The summed E-state index contributed by atoms with van der Waals surface area (Å²) in [6.07, 6.45) is 4.01. The fraction of sp³-hybridized carbons (Fsp3) is 0.375. The lowest BCUT2D eigenvalue weighted by molar-refractivity contribution is -0.116. The number of thiophene rings is 1. The lowest BCUT2D eigenvalue weighted by Crippen LogP contribution is -2.17. The van der Waals surface area contributed by atoms with E-state index in [2.05, 4.69) is 11.4 Å². The Balaban J connectivity index is 1.69. The minimum absolute atomic E-state index is 0.132. The highest BCUT2D eigenvalue weighted by Crippen LogP contribution is 2.37. The fourth-order valence-corrected chi connectivity index (χ4v) is 3.94. The monoisotopic (exact) mass is 316 g/mol. The van der Waals surface area contributed by atoms with E-state index in [4.69, 9.17) is 4.42 Å². The summed E-state index contributed by atoms with van der Waals surface area (Å²) in [5.74, 6) is 0.635. The van der Waals surface area contributed by atoms with Crippen LogP contribution in [-0.2, 0) is 24.1 Å². The second-order valence-corrected chi connectivity index (χ2v) is 6.45. The largest absolute Gasteiger partial charge is 0.469 e. The number of hydrogen-bond acceptors (Lipinski definition) is 5. The van der Waals surface area contributed by atoms with Crippen molar-refractivity contribution < 1.29 is 14.3 Å². The highest BCUT2D eigenvalue weighted by atomic mass is 32.1. The van der Waals surface area contributed by atoms with Crippen molar-refractivity contribution in [1.82, 2.24) is 0 Å². The highest BCUT2D eigenvalue weighted by Gasteiger charge is 2.25. The van der Waals surface area contributed by atoms with Crippen LogP contribution in [0.25, 0.3) is 0 Å². The van der Waals surface area contributed by atoms with Crippen molar-refractivity contribution in [2.24, 2.45) is 0 Å². The molecule has 2 N–H and O–H groups in total. The normalized spacial score (nSPS) is 16.8. The van der Waals surface area contributed by atoms with Gasteiger partial charge in [0, 0.05) is 24.1 Å². The molecule has 1 amide bonds. The van der Waals surface area contributed by atoms with Crippen LogP contribution in [0.5, 0.6) is 0 Å². The number of aliphatic hydroxyl groups is 1. The van der Waals surface area contributed by atoms with Gasteiger partial charge in [0.05, 0.1) is 17.9 Å². The van der Waals surface area contributed by atoms with Crippen LogP contribution in [0.3, 0.4) is 0 Å². The molecule has 0 saturated heterocycles.